The number of benzene rings is 1. The van der Waals surface area contributed by atoms with Crippen molar-refractivity contribution in [3.05, 3.63) is 35.6 Å². The smallest absolute Gasteiger partial charge is 0.303 e. The Morgan fingerprint density at radius 2 is 2.05 bits per heavy atom. The lowest BCUT2D eigenvalue weighted by molar-refractivity contribution is -0.137. The molecule has 0 bridgehead atoms. The monoisotopic (exact) mass is 295 g/mol. The van der Waals surface area contributed by atoms with Gasteiger partial charge in [-0.1, -0.05) is 25.5 Å². The Labute approximate surface area is 124 Å². The van der Waals surface area contributed by atoms with Crippen molar-refractivity contribution in [2.75, 3.05) is 6.54 Å². The maximum Gasteiger partial charge on any atom is 0.303 e. The van der Waals surface area contributed by atoms with Gasteiger partial charge in [-0.05, 0) is 36.5 Å². The molecule has 0 heterocycles. The normalized spacial score (nSPS) is 11.9. The number of aliphatic carboxylic acids is 1. The highest BCUT2D eigenvalue weighted by molar-refractivity contribution is 5.76. The number of nitrogens with one attached hydrogen (secondary N) is 1. The molecule has 5 heteroatoms. The largest absolute Gasteiger partial charge is 0.481 e. The van der Waals surface area contributed by atoms with Crippen LogP contribution in [0.25, 0.3) is 0 Å². The average molecular weight is 295 g/mol. The number of amides is 1. The topological polar surface area (TPSA) is 66.4 Å². The van der Waals surface area contributed by atoms with E-state index in [0.29, 0.717) is 19.4 Å². The second-order valence-electron chi connectivity index (χ2n) is 5.21. The van der Waals surface area contributed by atoms with Gasteiger partial charge in [0.05, 0.1) is 0 Å². The average Bonchev–Trinajstić information content (AvgIpc) is 2.42. The summed E-state index contributed by atoms with van der Waals surface area (Å²) < 4.78 is 13.1. The van der Waals surface area contributed by atoms with Gasteiger partial charge >= 0.3 is 5.97 Å². The molecule has 21 heavy (non-hydrogen) atoms. The van der Waals surface area contributed by atoms with Crippen molar-refractivity contribution >= 4 is 11.9 Å². The molecule has 2 N–H and O–H groups in total. The lowest BCUT2D eigenvalue weighted by Crippen LogP contribution is -2.25. The summed E-state index contributed by atoms with van der Waals surface area (Å²) in [6.45, 7) is 2.44. The van der Waals surface area contributed by atoms with Gasteiger partial charge in [0.2, 0.25) is 5.91 Å². The molecule has 1 unspecified atom stereocenters. The number of carbonyl (C=O) groups excluding carboxylic acids is 1. The molecular formula is C16H22FNO3. The number of carboxylic acid groups (broad SMARTS) is 1. The van der Waals surface area contributed by atoms with E-state index in [2.05, 4.69) is 5.32 Å². The molecule has 1 amide bonds. The summed E-state index contributed by atoms with van der Waals surface area (Å²) in [5.74, 6) is -1.18. The van der Waals surface area contributed by atoms with Crippen molar-refractivity contribution in [3.8, 4) is 0 Å². The van der Waals surface area contributed by atoms with Crippen LogP contribution >= 0.6 is 0 Å². The van der Waals surface area contributed by atoms with Gasteiger partial charge in [-0.2, -0.15) is 0 Å². The highest BCUT2D eigenvalue weighted by atomic mass is 19.1. The third-order valence-corrected chi connectivity index (χ3v) is 3.30. The third-order valence-electron chi connectivity index (χ3n) is 3.30. The molecular weight excluding hydrogens is 273 g/mol. The summed E-state index contributed by atoms with van der Waals surface area (Å²) in [6, 6.07) is 6.28. The van der Waals surface area contributed by atoms with E-state index in [4.69, 9.17) is 5.11 Å². The maximum absolute atomic E-state index is 13.1. The number of hydrogen-bond donors (Lipinski definition) is 2. The fourth-order valence-corrected chi connectivity index (χ4v) is 2.09. The highest BCUT2D eigenvalue weighted by Crippen LogP contribution is 2.19. The van der Waals surface area contributed by atoms with E-state index in [1.54, 1.807) is 6.07 Å². The second kappa shape index (κ2) is 9.10. The maximum atomic E-state index is 13.1. The van der Waals surface area contributed by atoms with E-state index >= 15 is 0 Å². The van der Waals surface area contributed by atoms with E-state index < -0.39 is 5.97 Å². The molecule has 0 aromatic heterocycles. The molecule has 1 aromatic rings. The molecule has 1 aromatic carbocycles. The Balaban J connectivity index is 2.20. The van der Waals surface area contributed by atoms with Crippen LogP contribution in [0, 0.1) is 5.82 Å². The van der Waals surface area contributed by atoms with Gasteiger partial charge in [0.25, 0.3) is 0 Å². The lowest BCUT2D eigenvalue weighted by atomic mass is 9.97. The number of hydrogen-bond acceptors (Lipinski definition) is 2. The molecule has 4 nitrogen and oxygen atoms in total. The summed E-state index contributed by atoms with van der Waals surface area (Å²) >= 11 is 0. The molecule has 0 saturated carbocycles. The Morgan fingerprint density at radius 3 is 2.71 bits per heavy atom. The van der Waals surface area contributed by atoms with Gasteiger partial charge in [-0.15, -0.1) is 0 Å². The highest BCUT2D eigenvalue weighted by Gasteiger charge is 2.11. The fourth-order valence-electron chi connectivity index (χ4n) is 2.09. The van der Waals surface area contributed by atoms with E-state index in [0.717, 1.165) is 18.4 Å². The van der Waals surface area contributed by atoms with Gasteiger partial charge < -0.3 is 10.4 Å². The zero-order valence-corrected chi connectivity index (χ0v) is 12.3. The summed E-state index contributed by atoms with van der Waals surface area (Å²) in [5.41, 5.74) is 0.812. The molecule has 0 aliphatic carbocycles. The summed E-state index contributed by atoms with van der Waals surface area (Å²) in [7, 11) is 0. The molecule has 0 spiro atoms. The Bertz CT molecular complexity index is 476. The first-order chi connectivity index (χ1) is 9.99. The van der Waals surface area contributed by atoms with Crippen LogP contribution in [0.5, 0.6) is 0 Å². The SMILES string of the molecule is CC(CC(=O)NCCCCCC(=O)O)c1cccc(F)c1. The van der Waals surface area contributed by atoms with E-state index in [9.17, 15) is 14.0 Å². The molecule has 0 aliphatic rings. The molecule has 116 valence electrons. The van der Waals surface area contributed by atoms with Gasteiger partial charge in [0, 0.05) is 19.4 Å². The summed E-state index contributed by atoms with van der Waals surface area (Å²) in [5, 5.41) is 11.3. The van der Waals surface area contributed by atoms with Crippen LogP contribution in [0.1, 0.15) is 50.5 Å². The Kier molecular flexibility index (Phi) is 7.43. The van der Waals surface area contributed by atoms with Crippen LogP contribution < -0.4 is 5.32 Å². The predicted molar refractivity (Wildman–Crippen MR) is 78.5 cm³/mol. The standard InChI is InChI=1S/C16H22FNO3/c1-12(13-6-5-7-14(17)11-13)10-15(19)18-9-4-2-3-8-16(20)21/h5-7,11-12H,2-4,8-10H2,1H3,(H,18,19)(H,20,21). The number of carbonyl (C=O) groups is 2. The number of carboxylic acids is 1. The van der Waals surface area contributed by atoms with Crippen molar-refractivity contribution in [1.82, 2.24) is 5.32 Å². The Hall–Kier alpha value is -1.91. The molecule has 1 atom stereocenters. The molecule has 1 rings (SSSR count). The predicted octanol–water partition coefficient (Wildman–Crippen LogP) is 3.08. The zero-order chi connectivity index (χ0) is 15.7. The Morgan fingerprint density at radius 1 is 1.29 bits per heavy atom. The van der Waals surface area contributed by atoms with E-state index in [-0.39, 0.29) is 24.1 Å². The van der Waals surface area contributed by atoms with Gasteiger partial charge in [0.15, 0.2) is 0 Å². The second-order valence-corrected chi connectivity index (χ2v) is 5.21. The molecule has 0 aliphatic heterocycles. The first kappa shape index (κ1) is 17.1. The number of rotatable bonds is 9. The molecule has 0 saturated heterocycles. The van der Waals surface area contributed by atoms with E-state index in [1.807, 2.05) is 13.0 Å². The van der Waals surface area contributed by atoms with Gasteiger partial charge in [-0.25, -0.2) is 4.39 Å². The quantitative estimate of drug-likeness (QED) is 0.688. The van der Waals surface area contributed by atoms with Crippen LogP contribution in [0.2, 0.25) is 0 Å². The zero-order valence-electron chi connectivity index (χ0n) is 12.3. The van der Waals surface area contributed by atoms with Crippen molar-refractivity contribution in [2.24, 2.45) is 0 Å². The van der Waals surface area contributed by atoms with Crippen molar-refractivity contribution < 1.29 is 19.1 Å². The molecule has 0 fully saturated rings. The molecule has 0 radical (unpaired) electrons. The number of halogens is 1. The van der Waals surface area contributed by atoms with Crippen molar-refractivity contribution in [3.63, 3.8) is 0 Å². The van der Waals surface area contributed by atoms with Crippen molar-refractivity contribution in [2.45, 2.75) is 44.9 Å². The van der Waals surface area contributed by atoms with Crippen LogP contribution in [-0.4, -0.2) is 23.5 Å². The van der Waals surface area contributed by atoms with Crippen molar-refractivity contribution in [1.29, 1.82) is 0 Å². The van der Waals surface area contributed by atoms with E-state index in [1.165, 1.54) is 12.1 Å². The summed E-state index contributed by atoms with van der Waals surface area (Å²) in [6.07, 6.45) is 2.67. The van der Waals surface area contributed by atoms with Gasteiger partial charge in [-0.3, -0.25) is 9.59 Å². The first-order valence-corrected chi connectivity index (χ1v) is 7.23. The third kappa shape index (κ3) is 7.44. The summed E-state index contributed by atoms with van der Waals surface area (Å²) in [4.78, 5) is 22.1. The van der Waals surface area contributed by atoms with Crippen LogP contribution in [0.3, 0.4) is 0 Å². The fraction of sp³-hybridized carbons (Fsp3) is 0.500. The number of unbranched alkanes of at least 4 members (excludes halogenated alkanes) is 2. The minimum Gasteiger partial charge on any atom is -0.481 e. The van der Waals surface area contributed by atoms with Crippen LogP contribution in [0.15, 0.2) is 24.3 Å². The minimum absolute atomic E-state index is 0.0345. The minimum atomic E-state index is -0.789. The first-order valence-electron chi connectivity index (χ1n) is 7.23. The van der Waals surface area contributed by atoms with Gasteiger partial charge in [0.1, 0.15) is 5.82 Å². The van der Waals surface area contributed by atoms with Crippen LogP contribution in [0.4, 0.5) is 4.39 Å². The lowest BCUT2D eigenvalue weighted by Gasteiger charge is -2.12. The van der Waals surface area contributed by atoms with Crippen LogP contribution in [-0.2, 0) is 9.59 Å².